The van der Waals surface area contributed by atoms with Crippen molar-refractivity contribution in [3.8, 4) is 0 Å². The zero-order valence-electron chi connectivity index (χ0n) is 79.7. The molecule has 0 fully saturated rings. The number of amides is 7. The predicted molar refractivity (Wildman–Crippen MR) is 487 cm³/mol. The number of allylic oxidation sites excluding steroid dienone is 2. The maximum Gasteiger partial charge on any atom is 0.407 e. The highest BCUT2D eigenvalue weighted by Gasteiger charge is 2.47. The van der Waals surface area contributed by atoms with E-state index in [2.05, 4.69) is 194 Å². The van der Waals surface area contributed by atoms with Crippen LogP contribution in [-0.2, 0) is 64.6 Å². The normalized spacial score (nSPS) is 15.5. The molecule has 0 saturated carbocycles. The van der Waals surface area contributed by atoms with Crippen LogP contribution in [0.1, 0.15) is 263 Å². The van der Waals surface area contributed by atoms with E-state index >= 15 is 0 Å². The van der Waals surface area contributed by atoms with E-state index in [1.807, 2.05) is 151 Å². The molecule has 0 unspecified atom stereocenters. The molecule has 26 heteroatoms. The summed E-state index contributed by atoms with van der Waals surface area (Å²) in [7, 11) is -6.91. The minimum absolute atomic E-state index is 0.0449. The smallest absolute Gasteiger partial charge is 0.407 e. The number of alkyl carbamates (subject to hydrolysis) is 3. The standard InChI is InChI=1S/C35H61N3O5Si.C34H61N3O6Si.C23H45NO5Si/c1-14-18-27(31(39)38-30(25(4)5)32(40)36-23-26-19-16-15-17-20-26)22-29(43-44(12,13)35(9,10)11)28(21-24(2)3)37-33(41)42-34(6,7)8;1-23(2)20-27(36-32(41)42-33(5,6)7)28(43-44(11,12)34(8,9)10)21-26(18-19-38)30(39)37-29(24(3)4)31(40)35-22-25-16-14-13-15-17-25;1-12-13-17(20(25)26)15-19(29-30(10,11)23(7,8)9)18(14-16(2)3)24-21(27)28-22(4,5)6/h14-17,19-20,24-25,27-30H,1,18,21-23H2,2-13H3,(H,36,40)(H,37,41)(H,38,39);13-17,23-24,26-29,38H,18-22H2,1-12H3,(H,35,40)(H,36,41)(H,37,39);12,16-19H,1,13-15H2,2-11H3,(H,24,27)(H,25,26)/t27-,28+,29+,30+;26-,27+,28+,29+;17-,18+,19+/m111/s1. The summed E-state index contributed by atoms with van der Waals surface area (Å²) in [6.07, 6.45) is 4.22. The second-order valence-corrected chi connectivity index (χ2v) is 55.7. The van der Waals surface area contributed by atoms with Crippen LogP contribution < -0.4 is 37.2 Å². The van der Waals surface area contributed by atoms with Crippen molar-refractivity contribution in [3.63, 3.8) is 0 Å². The molecule has 11 atom stereocenters. The van der Waals surface area contributed by atoms with E-state index in [-0.39, 0.29) is 99.9 Å². The minimum atomic E-state index is -2.37. The average Bonchev–Trinajstić information content (AvgIpc) is 0.818. The molecule has 678 valence electrons. The quantitative estimate of drug-likeness (QED) is 0.0169. The summed E-state index contributed by atoms with van der Waals surface area (Å²) >= 11 is 0. The van der Waals surface area contributed by atoms with Crippen molar-refractivity contribution in [2.45, 2.75) is 384 Å². The number of aliphatic carboxylic acids is 1. The van der Waals surface area contributed by atoms with E-state index in [1.165, 1.54) is 0 Å². The molecule has 0 heterocycles. The van der Waals surface area contributed by atoms with Gasteiger partial charge in [-0.3, -0.25) is 24.0 Å². The first kappa shape index (κ1) is 112. The molecule has 7 amide bonds. The number of aliphatic hydroxyl groups is 1. The molecule has 23 nitrogen and oxygen atoms in total. The van der Waals surface area contributed by atoms with Gasteiger partial charge >= 0.3 is 24.2 Å². The van der Waals surface area contributed by atoms with Gasteiger partial charge in [0.15, 0.2) is 25.0 Å². The number of hydrogen-bond donors (Lipinski definition) is 9. The largest absolute Gasteiger partial charge is 0.481 e. The molecule has 0 aromatic heterocycles. The maximum atomic E-state index is 13.9. The van der Waals surface area contributed by atoms with Gasteiger partial charge in [0.25, 0.3) is 0 Å². The minimum Gasteiger partial charge on any atom is -0.481 e. The number of ether oxygens (including phenoxy) is 3. The number of hydrogen-bond acceptors (Lipinski definition) is 15. The second kappa shape index (κ2) is 50.2. The lowest BCUT2D eigenvalue weighted by molar-refractivity contribution is -0.142. The van der Waals surface area contributed by atoms with Crippen LogP contribution in [0.25, 0.3) is 0 Å². The van der Waals surface area contributed by atoms with Gasteiger partial charge in [-0.2, -0.15) is 0 Å². The van der Waals surface area contributed by atoms with Gasteiger partial charge in [-0.1, -0.05) is 204 Å². The zero-order chi connectivity index (χ0) is 91.7. The molecular weight excluding hydrogens is 1540 g/mol. The SMILES string of the molecule is C=CC[C@H](C[C@H](O[Si](C)(C)C(C)(C)C)[C@H](CC(C)C)NC(=O)OC(C)(C)C)C(=O)N[C@H](C(=O)NCc1ccccc1)C(C)C.C=CC[C@H](C[C@H](O[Si](C)(C)C(C)(C)C)[C@H](CC(C)C)NC(=O)OC(C)(C)C)C(=O)O.CC(C)C[C@H](NC(=O)OC(C)(C)C)[C@H](C[C@@H](CCO)C(=O)N[C@H](C(=O)NCc1ccccc1)C(C)C)O[Si](C)(C)C(C)(C)C. The van der Waals surface area contributed by atoms with Crippen LogP contribution in [0.2, 0.25) is 54.4 Å². The summed E-state index contributed by atoms with van der Waals surface area (Å²) in [5, 5.41) is 40.5. The summed E-state index contributed by atoms with van der Waals surface area (Å²) < 4.78 is 37.3. The van der Waals surface area contributed by atoms with Crippen LogP contribution in [0.3, 0.4) is 0 Å². The van der Waals surface area contributed by atoms with E-state index < -0.39 is 120 Å². The topological polar surface area (TPSA) is 317 Å². The average molecular weight is 1710 g/mol. The monoisotopic (exact) mass is 1710 g/mol. The highest BCUT2D eigenvalue weighted by atomic mass is 28.4. The number of carboxylic acid groups (broad SMARTS) is 1. The van der Waals surface area contributed by atoms with E-state index in [9.17, 15) is 48.6 Å². The van der Waals surface area contributed by atoms with Crippen LogP contribution in [-0.4, -0.2) is 155 Å². The van der Waals surface area contributed by atoms with Crippen molar-refractivity contribution in [2.75, 3.05) is 6.61 Å². The number of carbonyl (C=O) groups excluding carboxylic acids is 7. The predicted octanol–water partition coefficient (Wildman–Crippen LogP) is 19.5. The molecule has 2 aromatic rings. The highest BCUT2D eigenvalue weighted by Crippen LogP contribution is 2.42. The Morgan fingerprint density at radius 1 is 0.390 bits per heavy atom. The summed E-state index contributed by atoms with van der Waals surface area (Å²) in [6.45, 7) is 77.0. The molecule has 2 aromatic carbocycles. The molecule has 118 heavy (non-hydrogen) atoms. The molecule has 0 aliphatic rings. The molecule has 0 saturated heterocycles. The number of benzene rings is 2. The molecular formula is C92H167N7O16Si3. The van der Waals surface area contributed by atoms with Crippen molar-refractivity contribution in [2.24, 2.45) is 47.3 Å². The van der Waals surface area contributed by atoms with Crippen LogP contribution in [0.5, 0.6) is 0 Å². The Kier molecular flexibility index (Phi) is 47.5. The summed E-state index contributed by atoms with van der Waals surface area (Å²) in [5.41, 5.74) is 0.00885. The first-order valence-corrected chi connectivity index (χ1v) is 51.8. The Bertz CT molecular complexity index is 3350. The Morgan fingerprint density at radius 2 is 0.653 bits per heavy atom. The van der Waals surface area contributed by atoms with E-state index in [4.69, 9.17) is 27.5 Å². The fourth-order valence-electron chi connectivity index (χ4n) is 12.1. The molecule has 0 aliphatic carbocycles. The van der Waals surface area contributed by atoms with Gasteiger partial charge in [0.05, 0.1) is 42.4 Å². The zero-order valence-corrected chi connectivity index (χ0v) is 82.7. The highest BCUT2D eigenvalue weighted by molar-refractivity contribution is 6.75. The lowest BCUT2D eigenvalue weighted by Crippen LogP contribution is -2.55. The molecule has 2 rings (SSSR count). The lowest BCUT2D eigenvalue weighted by atomic mass is 9.89. The Balaban J connectivity index is 0.00000178. The van der Waals surface area contributed by atoms with Gasteiger partial charge in [-0.15, -0.1) is 13.2 Å². The third kappa shape index (κ3) is 44.9. The van der Waals surface area contributed by atoms with Crippen molar-refractivity contribution in [1.29, 1.82) is 0 Å². The maximum absolute atomic E-state index is 13.9. The Labute approximate surface area is 717 Å². The molecule has 0 radical (unpaired) electrons. The van der Waals surface area contributed by atoms with E-state index in [1.54, 1.807) is 12.2 Å². The van der Waals surface area contributed by atoms with Gasteiger partial charge in [-0.25, -0.2) is 14.4 Å². The van der Waals surface area contributed by atoms with E-state index in [0.717, 1.165) is 11.1 Å². The van der Waals surface area contributed by atoms with Gasteiger partial charge < -0.3 is 74.9 Å². The molecule has 0 bridgehead atoms. The van der Waals surface area contributed by atoms with Gasteiger partial charge in [0.1, 0.15) is 28.9 Å². The van der Waals surface area contributed by atoms with E-state index in [0.29, 0.717) is 58.0 Å². The lowest BCUT2D eigenvalue weighted by Gasteiger charge is -2.43. The number of aliphatic hydroxyl groups excluding tert-OH is 1. The van der Waals surface area contributed by atoms with Gasteiger partial charge in [0, 0.05) is 31.5 Å². The number of carboxylic acids is 1. The first-order valence-electron chi connectivity index (χ1n) is 43.0. The van der Waals surface area contributed by atoms with Gasteiger partial charge in [0.2, 0.25) is 23.6 Å². The number of carbonyl (C=O) groups is 8. The number of rotatable bonds is 43. The van der Waals surface area contributed by atoms with Gasteiger partial charge in [-0.05, 0) is 215 Å². The third-order valence-electron chi connectivity index (χ3n) is 21.5. The molecule has 9 N–H and O–H groups in total. The Hall–Kier alpha value is -6.43. The van der Waals surface area contributed by atoms with Crippen molar-refractivity contribution in [1.82, 2.24) is 37.2 Å². The Morgan fingerprint density at radius 3 is 0.890 bits per heavy atom. The van der Waals surface area contributed by atoms with Crippen molar-refractivity contribution in [3.05, 3.63) is 97.1 Å². The molecule has 0 aliphatic heterocycles. The number of nitrogens with one attached hydrogen (secondary N) is 7. The van der Waals surface area contributed by atoms with Crippen LogP contribution in [0, 0.1) is 47.3 Å². The second-order valence-electron chi connectivity index (χ2n) is 41.5. The summed E-state index contributed by atoms with van der Waals surface area (Å²) in [5.74, 6) is -3.22. The van der Waals surface area contributed by atoms with Crippen molar-refractivity contribution >= 4 is 72.8 Å². The van der Waals surface area contributed by atoms with Crippen LogP contribution >= 0.6 is 0 Å². The summed E-state index contributed by atoms with van der Waals surface area (Å²) in [6, 6.07) is 16.7. The summed E-state index contributed by atoms with van der Waals surface area (Å²) in [4.78, 5) is 105. The molecule has 0 spiro atoms. The first-order chi connectivity index (χ1) is 53.7. The van der Waals surface area contributed by atoms with Crippen LogP contribution in [0.4, 0.5) is 14.4 Å². The fourth-order valence-corrected chi connectivity index (χ4v) is 16.2. The van der Waals surface area contributed by atoms with Crippen molar-refractivity contribution < 1.29 is 76.1 Å². The van der Waals surface area contributed by atoms with Crippen LogP contribution in [0.15, 0.2) is 86.0 Å². The third-order valence-corrected chi connectivity index (χ3v) is 35.0. The fraction of sp³-hybridized carbons (Fsp3) is 0.739.